The number of benzene rings is 1. The van der Waals surface area contributed by atoms with Gasteiger partial charge in [0.05, 0.1) is 6.61 Å². The van der Waals surface area contributed by atoms with Gasteiger partial charge in [-0.25, -0.2) is 0 Å². The van der Waals surface area contributed by atoms with E-state index in [0.717, 1.165) is 44.1 Å². The van der Waals surface area contributed by atoms with Crippen LogP contribution >= 0.6 is 0 Å². The zero-order valence-corrected chi connectivity index (χ0v) is 13.1. The minimum absolute atomic E-state index is 0.276. The first kappa shape index (κ1) is 14.7. The van der Waals surface area contributed by atoms with Gasteiger partial charge < -0.3 is 15.2 Å². The van der Waals surface area contributed by atoms with Crippen LogP contribution in [0, 0.1) is 5.92 Å². The fourth-order valence-electron chi connectivity index (χ4n) is 3.38. The molecular weight excluding hydrogens is 264 g/mol. The third kappa shape index (κ3) is 3.16. The van der Waals surface area contributed by atoms with Crippen LogP contribution in [0.4, 0.5) is 0 Å². The molecule has 116 valence electrons. The number of nitrogens with two attached hydrogens (primary N) is 1. The zero-order chi connectivity index (χ0) is 14.8. The number of hydrogen-bond acceptors (Lipinski definition) is 4. The van der Waals surface area contributed by atoms with Gasteiger partial charge in [0.25, 0.3) is 0 Å². The monoisotopic (exact) mass is 290 g/mol. The normalized spacial score (nSPS) is 24.9. The number of rotatable bonds is 5. The Labute approximate surface area is 127 Å². The van der Waals surface area contributed by atoms with Crippen LogP contribution in [0.3, 0.4) is 0 Å². The van der Waals surface area contributed by atoms with Gasteiger partial charge in [0.1, 0.15) is 17.6 Å². The second kappa shape index (κ2) is 6.24. The lowest BCUT2D eigenvalue weighted by Crippen LogP contribution is -2.23. The molecule has 2 N–H and O–H groups in total. The molecule has 0 spiro atoms. The van der Waals surface area contributed by atoms with Crippen molar-refractivity contribution in [2.75, 3.05) is 26.2 Å². The van der Waals surface area contributed by atoms with Gasteiger partial charge in [-0.1, -0.05) is 0 Å². The maximum Gasteiger partial charge on any atom is 0.124 e. The van der Waals surface area contributed by atoms with Crippen LogP contribution < -0.4 is 15.2 Å². The molecule has 1 saturated heterocycles. The van der Waals surface area contributed by atoms with Crippen LogP contribution in [-0.2, 0) is 13.0 Å². The lowest BCUT2D eigenvalue weighted by atomic mass is 10.1. The molecule has 4 heteroatoms. The van der Waals surface area contributed by atoms with Crippen LogP contribution in [0.15, 0.2) is 12.1 Å². The summed E-state index contributed by atoms with van der Waals surface area (Å²) >= 11 is 0. The summed E-state index contributed by atoms with van der Waals surface area (Å²) in [6.07, 6.45) is 2.46. The summed E-state index contributed by atoms with van der Waals surface area (Å²) in [6.45, 7) is 8.80. The molecule has 2 unspecified atom stereocenters. The largest absolute Gasteiger partial charge is 0.494 e. The Balaban J connectivity index is 1.78. The zero-order valence-electron chi connectivity index (χ0n) is 13.1. The topological polar surface area (TPSA) is 47.7 Å². The number of hydrogen-bond donors (Lipinski definition) is 1. The summed E-state index contributed by atoms with van der Waals surface area (Å²) in [7, 11) is 0. The summed E-state index contributed by atoms with van der Waals surface area (Å²) < 4.78 is 11.7. The lowest BCUT2D eigenvalue weighted by molar-refractivity contribution is 0.253. The quantitative estimate of drug-likeness (QED) is 0.903. The second-order valence-electron chi connectivity index (χ2n) is 6.26. The molecule has 2 heterocycles. The SMILES string of the molecule is CCOc1cc2c(cc1CN1CCC(CN)C1)OC(C)C2. The minimum atomic E-state index is 0.276. The van der Waals surface area contributed by atoms with Crippen LogP contribution in [-0.4, -0.2) is 37.2 Å². The maximum absolute atomic E-state index is 5.89. The van der Waals surface area contributed by atoms with Gasteiger partial charge in [-0.15, -0.1) is 0 Å². The molecule has 0 amide bonds. The highest BCUT2D eigenvalue weighted by Gasteiger charge is 2.25. The van der Waals surface area contributed by atoms with Crippen molar-refractivity contribution in [2.24, 2.45) is 11.7 Å². The number of fused-ring (bicyclic) bond motifs is 1. The van der Waals surface area contributed by atoms with E-state index in [0.29, 0.717) is 12.5 Å². The van der Waals surface area contributed by atoms with Crippen molar-refractivity contribution in [3.8, 4) is 11.5 Å². The average Bonchev–Trinajstić information content (AvgIpc) is 3.04. The van der Waals surface area contributed by atoms with Gasteiger partial charge in [0.15, 0.2) is 0 Å². The number of likely N-dealkylation sites (tertiary alicyclic amines) is 1. The van der Waals surface area contributed by atoms with Gasteiger partial charge in [-0.2, -0.15) is 0 Å². The minimum Gasteiger partial charge on any atom is -0.494 e. The molecule has 2 aliphatic heterocycles. The summed E-state index contributed by atoms with van der Waals surface area (Å²) in [6, 6.07) is 4.35. The molecule has 0 radical (unpaired) electrons. The van der Waals surface area contributed by atoms with Gasteiger partial charge in [-0.05, 0) is 51.4 Å². The van der Waals surface area contributed by atoms with Crippen molar-refractivity contribution in [3.05, 3.63) is 23.3 Å². The molecule has 0 saturated carbocycles. The van der Waals surface area contributed by atoms with E-state index in [1.54, 1.807) is 0 Å². The van der Waals surface area contributed by atoms with Gasteiger partial charge in [-0.3, -0.25) is 4.90 Å². The first-order valence-corrected chi connectivity index (χ1v) is 8.07. The van der Waals surface area contributed by atoms with E-state index in [1.807, 2.05) is 6.92 Å². The Morgan fingerprint density at radius 3 is 3.00 bits per heavy atom. The molecule has 1 aromatic carbocycles. The number of ether oxygens (including phenoxy) is 2. The third-order valence-electron chi connectivity index (χ3n) is 4.48. The summed E-state index contributed by atoms with van der Waals surface area (Å²) in [5.74, 6) is 2.70. The molecule has 0 aliphatic carbocycles. The average molecular weight is 290 g/mol. The van der Waals surface area contributed by atoms with Crippen molar-refractivity contribution in [2.45, 2.75) is 39.3 Å². The highest BCUT2D eigenvalue weighted by atomic mass is 16.5. The smallest absolute Gasteiger partial charge is 0.124 e. The summed E-state index contributed by atoms with van der Waals surface area (Å²) in [5.41, 5.74) is 8.30. The molecule has 0 bridgehead atoms. The second-order valence-corrected chi connectivity index (χ2v) is 6.26. The number of nitrogens with zero attached hydrogens (tertiary/aromatic N) is 1. The third-order valence-corrected chi connectivity index (χ3v) is 4.48. The van der Waals surface area contributed by atoms with Gasteiger partial charge in [0.2, 0.25) is 0 Å². The Hall–Kier alpha value is -1.26. The molecule has 0 aromatic heterocycles. The fourth-order valence-corrected chi connectivity index (χ4v) is 3.38. The predicted octanol–water partition coefficient (Wildman–Crippen LogP) is 2.19. The standard InChI is InChI=1S/C17H26N2O2/c1-3-20-16-7-14-6-12(2)21-17(14)8-15(16)11-19-5-4-13(9-18)10-19/h7-8,12-13H,3-6,9-11,18H2,1-2H3. The van der Waals surface area contributed by atoms with E-state index >= 15 is 0 Å². The maximum atomic E-state index is 5.89. The Bertz CT molecular complexity index is 504. The lowest BCUT2D eigenvalue weighted by Gasteiger charge is -2.19. The molecule has 2 aliphatic rings. The van der Waals surface area contributed by atoms with E-state index in [-0.39, 0.29) is 6.10 Å². The van der Waals surface area contributed by atoms with E-state index in [4.69, 9.17) is 15.2 Å². The van der Waals surface area contributed by atoms with E-state index in [2.05, 4.69) is 24.0 Å². The molecule has 2 atom stereocenters. The molecular formula is C17H26N2O2. The van der Waals surface area contributed by atoms with Crippen molar-refractivity contribution >= 4 is 0 Å². The summed E-state index contributed by atoms with van der Waals surface area (Å²) in [4.78, 5) is 2.47. The molecule has 1 fully saturated rings. The van der Waals surface area contributed by atoms with Gasteiger partial charge >= 0.3 is 0 Å². The van der Waals surface area contributed by atoms with Crippen LogP contribution in [0.2, 0.25) is 0 Å². The van der Waals surface area contributed by atoms with E-state index in [1.165, 1.54) is 17.5 Å². The van der Waals surface area contributed by atoms with Crippen LogP contribution in [0.1, 0.15) is 31.4 Å². The highest BCUT2D eigenvalue weighted by molar-refractivity contribution is 5.48. The Morgan fingerprint density at radius 1 is 1.43 bits per heavy atom. The summed E-state index contributed by atoms with van der Waals surface area (Å²) in [5, 5.41) is 0. The van der Waals surface area contributed by atoms with E-state index < -0.39 is 0 Å². The van der Waals surface area contributed by atoms with Crippen molar-refractivity contribution in [3.63, 3.8) is 0 Å². The Kier molecular flexibility index (Phi) is 4.36. The van der Waals surface area contributed by atoms with Crippen molar-refractivity contribution in [1.29, 1.82) is 0 Å². The van der Waals surface area contributed by atoms with Crippen molar-refractivity contribution < 1.29 is 9.47 Å². The van der Waals surface area contributed by atoms with Crippen LogP contribution in [0.25, 0.3) is 0 Å². The highest BCUT2D eigenvalue weighted by Crippen LogP contribution is 2.36. The molecule has 3 rings (SSSR count). The Morgan fingerprint density at radius 2 is 2.29 bits per heavy atom. The fraction of sp³-hybridized carbons (Fsp3) is 0.647. The van der Waals surface area contributed by atoms with Crippen LogP contribution in [0.5, 0.6) is 11.5 Å². The molecule has 21 heavy (non-hydrogen) atoms. The first-order valence-electron chi connectivity index (χ1n) is 8.07. The van der Waals surface area contributed by atoms with Gasteiger partial charge in [0, 0.05) is 30.6 Å². The van der Waals surface area contributed by atoms with Crippen molar-refractivity contribution in [1.82, 2.24) is 4.90 Å². The predicted molar refractivity (Wildman–Crippen MR) is 83.8 cm³/mol. The van der Waals surface area contributed by atoms with E-state index in [9.17, 15) is 0 Å². The molecule has 4 nitrogen and oxygen atoms in total. The first-order chi connectivity index (χ1) is 10.2. The molecule has 1 aromatic rings.